The number of carbonyl (C=O) groups excluding carboxylic acids is 5. The molecule has 0 bridgehead atoms. The molecule has 1 heterocycles. The number of hydroxylamine groups is 1. The number of Topliss-reactive ketones (excluding diaryl/α,β-unsaturated/α-hetero) is 1. The van der Waals surface area contributed by atoms with Gasteiger partial charge in [0.15, 0.2) is 0 Å². The van der Waals surface area contributed by atoms with Crippen molar-refractivity contribution in [1.82, 2.24) is 21.0 Å². The zero-order chi connectivity index (χ0) is 29.4. The van der Waals surface area contributed by atoms with Gasteiger partial charge in [-0.05, 0) is 69.1 Å². The predicted molar refractivity (Wildman–Crippen MR) is 145 cm³/mol. The summed E-state index contributed by atoms with van der Waals surface area (Å²) in [5, 5.41) is 5.68. The van der Waals surface area contributed by atoms with Gasteiger partial charge in [0.2, 0.25) is 17.6 Å². The summed E-state index contributed by atoms with van der Waals surface area (Å²) in [6, 6.07) is -2.59. The summed E-state index contributed by atoms with van der Waals surface area (Å²) in [5.74, 6) is -2.13. The number of alkyl carbamates (subject to hydrolysis) is 1. The van der Waals surface area contributed by atoms with Crippen LogP contribution in [0.2, 0.25) is 0 Å². The Hall–Kier alpha value is -2.69. The molecule has 11 heteroatoms. The number of likely N-dealkylation sites (tertiary alicyclic amines) is 1. The van der Waals surface area contributed by atoms with Gasteiger partial charge in [-0.1, -0.05) is 46.0 Å². The first-order valence-electron chi connectivity index (χ1n) is 14.7. The number of nitrogens with one attached hydrogen (secondary N) is 3. The van der Waals surface area contributed by atoms with E-state index in [0.717, 1.165) is 44.9 Å². The van der Waals surface area contributed by atoms with Crippen LogP contribution in [0.1, 0.15) is 86.0 Å². The van der Waals surface area contributed by atoms with E-state index in [-0.39, 0.29) is 35.0 Å². The van der Waals surface area contributed by atoms with Crippen molar-refractivity contribution in [2.75, 3.05) is 13.7 Å². The van der Waals surface area contributed by atoms with Crippen molar-refractivity contribution in [2.45, 2.75) is 110 Å². The minimum atomic E-state index is -0.998. The number of rotatable bonds is 10. The van der Waals surface area contributed by atoms with Crippen LogP contribution in [0.3, 0.4) is 0 Å². The van der Waals surface area contributed by atoms with E-state index in [4.69, 9.17) is 4.74 Å². The van der Waals surface area contributed by atoms with Crippen molar-refractivity contribution in [3.63, 3.8) is 0 Å². The molecule has 0 radical (unpaired) electrons. The molecule has 4 amide bonds. The lowest BCUT2D eigenvalue weighted by atomic mass is 9.83. The van der Waals surface area contributed by atoms with Crippen molar-refractivity contribution < 1.29 is 33.5 Å². The minimum absolute atomic E-state index is 0.0515. The summed E-state index contributed by atoms with van der Waals surface area (Å²) < 4.78 is 5.49. The molecule has 0 spiro atoms. The van der Waals surface area contributed by atoms with E-state index in [9.17, 15) is 24.0 Å². The van der Waals surface area contributed by atoms with Crippen molar-refractivity contribution in [2.24, 2.45) is 29.1 Å². The number of hydrogen-bond acceptors (Lipinski definition) is 7. The first-order valence-corrected chi connectivity index (χ1v) is 14.7. The predicted octanol–water partition coefficient (Wildman–Crippen LogP) is 2.47. The van der Waals surface area contributed by atoms with Gasteiger partial charge in [-0.3, -0.25) is 24.0 Å². The summed E-state index contributed by atoms with van der Waals surface area (Å²) in [7, 11) is 1.24. The van der Waals surface area contributed by atoms with Crippen LogP contribution in [0.4, 0.5) is 4.79 Å². The first kappa shape index (κ1) is 30.3. The minimum Gasteiger partial charge on any atom is -0.444 e. The van der Waals surface area contributed by atoms with Crippen molar-refractivity contribution in [3.05, 3.63) is 0 Å². The molecule has 0 aromatic carbocycles. The Kier molecular flexibility index (Phi) is 8.82. The first-order chi connectivity index (χ1) is 18.7. The van der Waals surface area contributed by atoms with Gasteiger partial charge in [-0.15, -0.1) is 0 Å². The molecule has 4 rings (SSSR count). The Balaban J connectivity index is 1.55. The van der Waals surface area contributed by atoms with E-state index in [0.29, 0.717) is 13.0 Å². The highest BCUT2D eigenvalue weighted by Gasteiger charge is 2.69. The number of ketones is 1. The fraction of sp³-hybridized carbons (Fsp3) is 0.828. The van der Waals surface area contributed by atoms with Crippen molar-refractivity contribution in [1.29, 1.82) is 0 Å². The Labute approximate surface area is 236 Å². The number of carbonyl (C=O) groups is 5. The maximum atomic E-state index is 14.2. The summed E-state index contributed by atoms with van der Waals surface area (Å²) in [6.07, 6.45) is 6.25. The van der Waals surface area contributed by atoms with Crippen LogP contribution >= 0.6 is 0 Å². The van der Waals surface area contributed by atoms with E-state index in [1.807, 2.05) is 5.48 Å². The molecular formula is C29H46N4O7. The Morgan fingerprint density at radius 3 is 2.20 bits per heavy atom. The molecule has 3 N–H and O–H groups in total. The van der Waals surface area contributed by atoms with Crippen LogP contribution in [0.15, 0.2) is 0 Å². The van der Waals surface area contributed by atoms with Gasteiger partial charge in [0.05, 0.1) is 13.2 Å². The Morgan fingerprint density at radius 1 is 0.975 bits per heavy atom. The number of hydrogen-bond donors (Lipinski definition) is 3. The molecular weight excluding hydrogens is 516 g/mol. The maximum absolute atomic E-state index is 14.2. The molecule has 4 aliphatic rings. The highest BCUT2D eigenvalue weighted by Crippen LogP contribution is 2.65. The maximum Gasteiger partial charge on any atom is 0.408 e. The van der Waals surface area contributed by atoms with E-state index >= 15 is 0 Å². The highest BCUT2D eigenvalue weighted by molar-refractivity contribution is 6.38. The third-order valence-electron chi connectivity index (χ3n) is 9.14. The topological polar surface area (TPSA) is 143 Å². The molecule has 0 aromatic heterocycles. The zero-order valence-corrected chi connectivity index (χ0v) is 24.7. The number of fused-ring (bicyclic) bond motifs is 1. The fourth-order valence-corrected chi connectivity index (χ4v) is 6.75. The number of amides is 4. The van der Waals surface area contributed by atoms with Gasteiger partial charge >= 0.3 is 12.0 Å². The lowest BCUT2D eigenvalue weighted by molar-refractivity contribution is -0.147. The second kappa shape index (κ2) is 11.7. The van der Waals surface area contributed by atoms with Crippen molar-refractivity contribution in [3.8, 4) is 0 Å². The van der Waals surface area contributed by atoms with Gasteiger partial charge in [0, 0.05) is 6.54 Å². The van der Waals surface area contributed by atoms with E-state index < -0.39 is 47.4 Å². The second-order valence-electron chi connectivity index (χ2n) is 13.7. The molecule has 1 aliphatic heterocycles. The zero-order valence-electron chi connectivity index (χ0n) is 24.7. The average molecular weight is 563 g/mol. The molecule has 40 heavy (non-hydrogen) atoms. The molecule has 3 aliphatic carbocycles. The van der Waals surface area contributed by atoms with Crippen LogP contribution in [-0.2, 0) is 28.8 Å². The smallest absolute Gasteiger partial charge is 0.408 e. The summed E-state index contributed by atoms with van der Waals surface area (Å²) in [4.78, 5) is 72.2. The standard InChI is InChI=1S/C29H46N4O7/c1-28(2,3)40-27(38)31-21(17-10-8-7-9-11-17)26(37)33-15-18-20(29(18,4)5)22(33)24(35)30-19(14-16-12-13-16)23(34)25(36)32-39-6/h16-22H,7-15H2,1-6H3,(H,30,35)(H,31,38)(H,32,36). The van der Waals surface area contributed by atoms with Crippen LogP contribution in [0, 0.1) is 29.1 Å². The SMILES string of the molecule is CONC(=O)C(=O)C(CC1CC1)NC(=O)C1C2C(CN1C(=O)C(NC(=O)OC(C)(C)C)C1CCCCC1)C2(C)C. The van der Waals surface area contributed by atoms with E-state index in [2.05, 4.69) is 29.3 Å². The number of ether oxygens (including phenoxy) is 1. The summed E-state index contributed by atoms with van der Waals surface area (Å²) in [5.41, 5.74) is 1.19. The highest BCUT2D eigenvalue weighted by atomic mass is 16.6. The van der Waals surface area contributed by atoms with Crippen molar-refractivity contribution >= 4 is 29.6 Å². The summed E-state index contributed by atoms with van der Waals surface area (Å²) >= 11 is 0. The third-order valence-corrected chi connectivity index (χ3v) is 9.14. The van der Waals surface area contributed by atoms with Gasteiger partial charge in [0.25, 0.3) is 0 Å². The van der Waals surface area contributed by atoms with Gasteiger partial charge in [-0.25, -0.2) is 10.3 Å². The number of piperidine rings is 1. The monoisotopic (exact) mass is 562 g/mol. The second-order valence-corrected chi connectivity index (χ2v) is 13.7. The fourth-order valence-electron chi connectivity index (χ4n) is 6.75. The van der Waals surface area contributed by atoms with Gasteiger partial charge < -0.3 is 20.3 Å². The molecule has 11 nitrogen and oxygen atoms in total. The molecule has 1 saturated heterocycles. The number of nitrogens with zero attached hydrogens (tertiary/aromatic N) is 1. The molecule has 3 saturated carbocycles. The largest absolute Gasteiger partial charge is 0.444 e. The van der Waals surface area contributed by atoms with E-state index in [1.54, 1.807) is 25.7 Å². The van der Waals surface area contributed by atoms with Crippen LogP contribution in [0.25, 0.3) is 0 Å². The van der Waals surface area contributed by atoms with Gasteiger partial charge in [-0.2, -0.15) is 0 Å². The molecule has 0 aromatic rings. The van der Waals surface area contributed by atoms with Gasteiger partial charge in [0.1, 0.15) is 17.7 Å². The molecule has 4 fully saturated rings. The van der Waals surface area contributed by atoms with Crippen LogP contribution in [0.5, 0.6) is 0 Å². The van der Waals surface area contributed by atoms with Crippen LogP contribution < -0.4 is 16.1 Å². The lowest BCUT2D eigenvalue weighted by Gasteiger charge is -2.37. The van der Waals surface area contributed by atoms with Crippen LogP contribution in [-0.4, -0.2) is 71.9 Å². The quantitative estimate of drug-likeness (QED) is 0.274. The Bertz CT molecular complexity index is 1010. The molecule has 5 atom stereocenters. The molecule has 5 unspecified atom stereocenters. The summed E-state index contributed by atoms with van der Waals surface area (Å²) in [6.45, 7) is 9.88. The Morgan fingerprint density at radius 2 is 1.62 bits per heavy atom. The normalized spacial score (nSPS) is 27.1. The average Bonchev–Trinajstić information content (AvgIpc) is 3.73. The third kappa shape index (κ3) is 6.78. The van der Waals surface area contributed by atoms with E-state index in [1.165, 1.54) is 7.11 Å². The lowest BCUT2D eigenvalue weighted by Crippen LogP contribution is -2.60. The molecule has 224 valence electrons.